The zero-order valence-electron chi connectivity index (χ0n) is 14.4. The minimum Gasteiger partial charge on any atom is -0.376 e. The predicted octanol–water partition coefficient (Wildman–Crippen LogP) is 1.50. The molecule has 26 heavy (non-hydrogen) atoms. The number of rotatable bonds is 7. The van der Waals surface area contributed by atoms with Gasteiger partial charge in [-0.05, 0) is 25.0 Å². The van der Waals surface area contributed by atoms with Gasteiger partial charge in [0.15, 0.2) is 5.82 Å². The highest BCUT2D eigenvalue weighted by Gasteiger charge is 2.22. The van der Waals surface area contributed by atoms with Crippen LogP contribution in [0.25, 0.3) is 11.6 Å². The molecule has 1 aliphatic heterocycles. The molecule has 0 spiro atoms. The van der Waals surface area contributed by atoms with Gasteiger partial charge in [-0.1, -0.05) is 17.1 Å². The van der Waals surface area contributed by atoms with Crippen LogP contribution in [0.5, 0.6) is 0 Å². The van der Waals surface area contributed by atoms with Crippen molar-refractivity contribution in [2.45, 2.75) is 25.4 Å². The Morgan fingerprint density at radius 1 is 1.46 bits per heavy atom. The van der Waals surface area contributed by atoms with E-state index in [1.807, 2.05) is 12.1 Å². The molecular formula is C18H21N5O3. The van der Waals surface area contributed by atoms with E-state index in [2.05, 4.69) is 26.4 Å². The molecule has 3 heterocycles. The molecule has 1 saturated heterocycles. The fourth-order valence-electron chi connectivity index (χ4n) is 2.71. The second-order valence-corrected chi connectivity index (χ2v) is 5.93. The Bertz CT molecular complexity index is 750. The molecule has 1 fully saturated rings. The number of carbonyl (C=O) groups excluding carboxylic acids is 1. The summed E-state index contributed by atoms with van der Waals surface area (Å²) in [7, 11) is 0. The normalized spacial score (nSPS) is 16.2. The summed E-state index contributed by atoms with van der Waals surface area (Å²) >= 11 is 0. The van der Waals surface area contributed by atoms with Crippen molar-refractivity contribution < 1.29 is 14.1 Å². The lowest BCUT2D eigenvalue weighted by molar-refractivity contribution is 0.0846. The number of ether oxygens (including phenoxy) is 1. The van der Waals surface area contributed by atoms with Crippen LogP contribution in [0.15, 0.2) is 28.9 Å². The molecule has 8 heteroatoms. The van der Waals surface area contributed by atoms with Gasteiger partial charge in [-0.25, -0.2) is 4.79 Å². The quantitative estimate of drug-likeness (QED) is 0.757. The van der Waals surface area contributed by atoms with Gasteiger partial charge in [0.05, 0.1) is 12.6 Å². The highest BCUT2D eigenvalue weighted by molar-refractivity contribution is 5.74. The second-order valence-electron chi connectivity index (χ2n) is 5.93. The zero-order chi connectivity index (χ0) is 18.2. The van der Waals surface area contributed by atoms with Gasteiger partial charge in [0.2, 0.25) is 0 Å². The molecule has 0 aromatic carbocycles. The Labute approximate surface area is 151 Å². The third-order valence-corrected chi connectivity index (χ3v) is 3.99. The molecule has 0 bridgehead atoms. The lowest BCUT2D eigenvalue weighted by Crippen LogP contribution is -2.44. The molecule has 1 unspecified atom stereocenters. The van der Waals surface area contributed by atoms with E-state index in [-0.39, 0.29) is 18.7 Å². The van der Waals surface area contributed by atoms with Crippen LogP contribution < -0.4 is 5.32 Å². The first-order valence-electron chi connectivity index (χ1n) is 8.58. The molecule has 2 aromatic heterocycles. The topological polar surface area (TPSA) is 93.4 Å². The van der Waals surface area contributed by atoms with Crippen molar-refractivity contribution in [3.63, 3.8) is 0 Å². The largest absolute Gasteiger partial charge is 0.376 e. The van der Waals surface area contributed by atoms with E-state index < -0.39 is 0 Å². The number of nitrogens with zero attached hydrogens (tertiary/aromatic N) is 4. The molecular weight excluding hydrogens is 334 g/mol. The van der Waals surface area contributed by atoms with E-state index in [0.717, 1.165) is 19.4 Å². The maximum atomic E-state index is 12.3. The van der Waals surface area contributed by atoms with Gasteiger partial charge in [0, 0.05) is 32.3 Å². The van der Waals surface area contributed by atoms with Gasteiger partial charge in [0.25, 0.3) is 5.89 Å². The third kappa shape index (κ3) is 4.80. The fourth-order valence-corrected chi connectivity index (χ4v) is 2.71. The minimum absolute atomic E-state index is 0.0623. The number of amides is 2. The molecule has 0 radical (unpaired) electrons. The van der Waals surface area contributed by atoms with Gasteiger partial charge >= 0.3 is 6.03 Å². The zero-order valence-corrected chi connectivity index (χ0v) is 14.4. The maximum absolute atomic E-state index is 12.3. The molecule has 1 N–H and O–H groups in total. The Kier molecular flexibility index (Phi) is 6.17. The SMILES string of the molecule is C#CCN(CC1CCCO1)C(=O)NCCc1noc(-c2ccccn2)n1. The molecule has 3 rings (SSSR count). The molecule has 1 aliphatic rings. The molecule has 2 aromatic rings. The highest BCUT2D eigenvalue weighted by atomic mass is 16.5. The van der Waals surface area contributed by atoms with Crippen LogP contribution in [0.2, 0.25) is 0 Å². The summed E-state index contributed by atoms with van der Waals surface area (Å²) in [5.41, 5.74) is 0.618. The third-order valence-electron chi connectivity index (χ3n) is 3.99. The van der Waals surface area contributed by atoms with Crippen LogP contribution in [0.1, 0.15) is 18.7 Å². The lowest BCUT2D eigenvalue weighted by Gasteiger charge is -2.23. The Hall–Kier alpha value is -2.92. The number of urea groups is 1. The van der Waals surface area contributed by atoms with Crippen molar-refractivity contribution in [1.29, 1.82) is 0 Å². The average Bonchev–Trinajstić information content (AvgIpc) is 3.34. The Balaban J connectivity index is 1.48. The van der Waals surface area contributed by atoms with Crippen molar-refractivity contribution in [2.24, 2.45) is 0 Å². The van der Waals surface area contributed by atoms with Crippen molar-refractivity contribution >= 4 is 6.03 Å². The number of nitrogens with one attached hydrogen (secondary N) is 1. The lowest BCUT2D eigenvalue weighted by atomic mass is 10.2. The summed E-state index contributed by atoms with van der Waals surface area (Å²) in [5.74, 6) is 3.38. The second kappa shape index (κ2) is 8.97. The first kappa shape index (κ1) is 17.9. The number of aromatic nitrogens is 3. The van der Waals surface area contributed by atoms with E-state index in [4.69, 9.17) is 15.7 Å². The number of hydrogen-bond donors (Lipinski definition) is 1. The standard InChI is InChI=1S/C18H21N5O3/c1-2-11-23(13-14-6-5-12-25-14)18(24)20-10-8-16-21-17(26-22-16)15-7-3-4-9-19-15/h1,3-4,7,9,14H,5-6,8,10-13H2,(H,20,24). The van der Waals surface area contributed by atoms with Crippen LogP contribution in [0, 0.1) is 12.3 Å². The van der Waals surface area contributed by atoms with Gasteiger partial charge in [-0.3, -0.25) is 4.98 Å². The number of carbonyl (C=O) groups is 1. The maximum Gasteiger partial charge on any atom is 0.318 e. The molecule has 8 nitrogen and oxygen atoms in total. The van der Waals surface area contributed by atoms with Crippen LogP contribution in [0.3, 0.4) is 0 Å². The number of terminal acetylenes is 1. The van der Waals surface area contributed by atoms with Gasteiger partial charge in [-0.15, -0.1) is 6.42 Å². The van der Waals surface area contributed by atoms with E-state index in [1.165, 1.54) is 0 Å². The molecule has 0 saturated carbocycles. The average molecular weight is 355 g/mol. The summed E-state index contributed by atoms with van der Waals surface area (Å²) < 4.78 is 10.8. The van der Waals surface area contributed by atoms with E-state index in [1.54, 1.807) is 17.2 Å². The Morgan fingerprint density at radius 2 is 2.38 bits per heavy atom. The van der Waals surface area contributed by atoms with Crippen LogP contribution in [0.4, 0.5) is 4.79 Å². The monoisotopic (exact) mass is 355 g/mol. The summed E-state index contributed by atoms with van der Waals surface area (Å²) in [4.78, 5) is 22.4. The van der Waals surface area contributed by atoms with Crippen molar-refractivity contribution in [2.75, 3.05) is 26.2 Å². The number of pyridine rings is 1. The van der Waals surface area contributed by atoms with E-state index in [9.17, 15) is 4.79 Å². The van der Waals surface area contributed by atoms with Crippen molar-refractivity contribution in [3.8, 4) is 23.9 Å². The van der Waals surface area contributed by atoms with Crippen molar-refractivity contribution in [1.82, 2.24) is 25.3 Å². The van der Waals surface area contributed by atoms with Gasteiger partial charge < -0.3 is 19.5 Å². The van der Waals surface area contributed by atoms with Crippen molar-refractivity contribution in [3.05, 3.63) is 30.2 Å². The first-order valence-corrected chi connectivity index (χ1v) is 8.58. The molecule has 0 aliphatic carbocycles. The predicted molar refractivity (Wildman–Crippen MR) is 94.0 cm³/mol. The smallest absolute Gasteiger partial charge is 0.318 e. The Morgan fingerprint density at radius 3 is 3.12 bits per heavy atom. The fraction of sp³-hybridized carbons (Fsp3) is 0.444. The van der Waals surface area contributed by atoms with E-state index >= 15 is 0 Å². The number of hydrogen-bond acceptors (Lipinski definition) is 6. The summed E-state index contributed by atoms with van der Waals surface area (Å²) in [6.07, 6.45) is 9.51. The molecule has 1 atom stereocenters. The van der Waals surface area contributed by atoms with E-state index in [0.29, 0.717) is 36.9 Å². The summed E-state index contributed by atoms with van der Waals surface area (Å²) in [5, 5.41) is 6.75. The van der Waals surface area contributed by atoms with Gasteiger partial charge in [0.1, 0.15) is 5.69 Å². The van der Waals surface area contributed by atoms with Gasteiger partial charge in [-0.2, -0.15) is 4.98 Å². The summed E-state index contributed by atoms with van der Waals surface area (Å²) in [6, 6.07) is 5.24. The van der Waals surface area contributed by atoms with Crippen LogP contribution in [-0.4, -0.2) is 58.4 Å². The first-order chi connectivity index (χ1) is 12.8. The highest BCUT2D eigenvalue weighted by Crippen LogP contribution is 2.14. The molecule has 2 amide bonds. The van der Waals surface area contributed by atoms with Crippen LogP contribution >= 0.6 is 0 Å². The summed E-state index contributed by atoms with van der Waals surface area (Å²) in [6.45, 7) is 1.87. The minimum atomic E-state index is -0.216. The molecule has 136 valence electrons. The van der Waals surface area contributed by atoms with Crippen LogP contribution in [-0.2, 0) is 11.2 Å².